The van der Waals surface area contributed by atoms with Crippen LogP contribution in [0.1, 0.15) is 77.0 Å². The number of hydrogen-bond acceptors (Lipinski definition) is 9. The Hall–Kier alpha value is -0.810. The number of carbonyl (C=O) groups excluding carboxylic acids is 1. The molecule has 0 spiro atoms. The second-order valence-electron chi connectivity index (χ2n) is 7.86. The first-order valence-corrected chi connectivity index (χ1v) is 11.1. The van der Waals surface area contributed by atoms with Crippen molar-refractivity contribution in [1.29, 1.82) is 0 Å². The number of aliphatic hydroxyl groups is 7. The lowest BCUT2D eigenvalue weighted by Crippen LogP contribution is -2.48. The van der Waals surface area contributed by atoms with Crippen LogP contribution in [0.2, 0.25) is 0 Å². The van der Waals surface area contributed by atoms with Gasteiger partial charge in [0.2, 0.25) is 0 Å². The Kier molecular flexibility index (Phi) is 18.4. The first-order valence-electron chi connectivity index (χ1n) is 11.1. The van der Waals surface area contributed by atoms with E-state index < -0.39 is 49.7 Å². The predicted octanol–water partition coefficient (Wildman–Crippen LogP) is -0.0001000. The summed E-state index contributed by atoms with van der Waals surface area (Å²) in [5, 5.41) is 65.9. The third-order valence-electron chi connectivity index (χ3n) is 5.10. The van der Waals surface area contributed by atoms with Gasteiger partial charge in [0.05, 0.1) is 12.7 Å². The normalized spacial score (nSPS) is 16.6. The Morgan fingerprint density at radius 1 is 0.667 bits per heavy atom. The van der Waals surface area contributed by atoms with Crippen LogP contribution in [0.5, 0.6) is 0 Å². The van der Waals surface area contributed by atoms with Crippen LogP contribution in [-0.2, 0) is 9.53 Å². The van der Waals surface area contributed by atoms with E-state index in [1.807, 2.05) is 0 Å². The zero-order chi connectivity index (χ0) is 22.8. The maximum Gasteiger partial charge on any atom is 0.337 e. The van der Waals surface area contributed by atoms with Crippen LogP contribution in [0.3, 0.4) is 0 Å². The molecule has 7 N–H and O–H groups in total. The minimum atomic E-state index is -2.07. The molecule has 0 aromatic carbocycles. The molecule has 0 fully saturated rings. The van der Waals surface area contributed by atoms with Crippen molar-refractivity contribution in [3.63, 3.8) is 0 Å². The van der Waals surface area contributed by atoms with Crippen LogP contribution < -0.4 is 0 Å². The smallest absolute Gasteiger partial charge is 0.337 e. The van der Waals surface area contributed by atoms with Crippen LogP contribution in [0.15, 0.2) is 0 Å². The van der Waals surface area contributed by atoms with Gasteiger partial charge in [-0.15, -0.1) is 0 Å². The highest BCUT2D eigenvalue weighted by Gasteiger charge is 2.35. The van der Waals surface area contributed by atoms with Crippen molar-refractivity contribution in [2.75, 3.05) is 19.8 Å². The minimum absolute atomic E-state index is 0.230. The van der Waals surface area contributed by atoms with Gasteiger partial charge >= 0.3 is 5.97 Å². The fourth-order valence-corrected chi connectivity index (χ4v) is 3.10. The van der Waals surface area contributed by atoms with Crippen molar-refractivity contribution in [2.24, 2.45) is 0 Å². The average molecular weight is 439 g/mol. The molecule has 30 heavy (non-hydrogen) atoms. The van der Waals surface area contributed by atoms with E-state index >= 15 is 0 Å². The summed E-state index contributed by atoms with van der Waals surface area (Å²) < 4.78 is 4.52. The number of unbranched alkanes of at least 4 members (excludes halogenated alkanes) is 10. The van der Waals surface area contributed by atoms with Crippen LogP contribution >= 0.6 is 0 Å². The molecule has 9 nitrogen and oxygen atoms in total. The lowest BCUT2D eigenvalue weighted by atomic mass is 9.98. The third kappa shape index (κ3) is 14.2. The molecule has 0 heterocycles. The van der Waals surface area contributed by atoms with Crippen molar-refractivity contribution >= 4 is 5.97 Å². The monoisotopic (exact) mass is 438 g/mol. The third-order valence-corrected chi connectivity index (χ3v) is 5.10. The molecule has 9 heteroatoms. The van der Waals surface area contributed by atoms with Gasteiger partial charge in [-0.25, -0.2) is 4.79 Å². The highest BCUT2D eigenvalue weighted by molar-refractivity contribution is 5.75. The molecule has 5 atom stereocenters. The highest BCUT2D eigenvalue weighted by Crippen LogP contribution is 2.15. The summed E-state index contributed by atoms with van der Waals surface area (Å²) in [6.07, 6.45) is 3.48. The van der Waals surface area contributed by atoms with Crippen molar-refractivity contribution in [2.45, 2.75) is 108 Å². The van der Waals surface area contributed by atoms with Gasteiger partial charge in [0.25, 0.3) is 0 Å². The van der Waals surface area contributed by atoms with Crippen molar-refractivity contribution in [3.05, 3.63) is 0 Å². The summed E-state index contributed by atoms with van der Waals surface area (Å²) in [5.41, 5.74) is 0. The molecule has 180 valence electrons. The van der Waals surface area contributed by atoms with Gasteiger partial charge in [0, 0.05) is 6.61 Å². The van der Waals surface area contributed by atoms with Crippen molar-refractivity contribution < 1.29 is 45.3 Å². The molecular weight excluding hydrogens is 396 g/mol. The molecule has 0 bridgehead atoms. The fraction of sp³-hybridized carbons (Fsp3) is 0.952. The average Bonchev–Trinajstić information content (AvgIpc) is 2.75. The van der Waals surface area contributed by atoms with E-state index in [1.165, 1.54) is 25.7 Å². The zero-order valence-electron chi connectivity index (χ0n) is 17.9. The molecule has 0 saturated carbocycles. The fourth-order valence-electron chi connectivity index (χ4n) is 3.10. The summed E-state index contributed by atoms with van der Waals surface area (Å²) in [4.78, 5) is 11.6. The van der Waals surface area contributed by atoms with E-state index in [9.17, 15) is 25.2 Å². The SMILES string of the molecule is O=C(OCC(O)CO)C(O)C(O)C(O)C(O)CCCCCCCCCCCCCO. The van der Waals surface area contributed by atoms with E-state index in [2.05, 4.69) is 4.74 Å². The molecule has 0 amide bonds. The van der Waals surface area contributed by atoms with Gasteiger partial charge in [0.15, 0.2) is 6.10 Å². The summed E-state index contributed by atoms with van der Waals surface area (Å²) >= 11 is 0. The van der Waals surface area contributed by atoms with E-state index in [0.717, 1.165) is 38.5 Å². The van der Waals surface area contributed by atoms with E-state index in [4.69, 9.17) is 15.3 Å². The Balaban J connectivity index is 3.81. The number of esters is 1. The van der Waals surface area contributed by atoms with Crippen LogP contribution in [0, 0.1) is 0 Å². The van der Waals surface area contributed by atoms with Crippen molar-refractivity contribution in [3.8, 4) is 0 Å². The summed E-state index contributed by atoms with van der Waals surface area (Å²) in [5.74, 6) is -1.25. The number of aliphatic hydroxyl groups excluding tert-OH is 7. The molecule has 0 radical (unpaired) electrons. The first-order chi connectivity index (χ1) is 14.3. The molecule has 0 rings (SSSR count). The summed E-state index contributed by atoms with van der Waals surface area (Å²) in [6.45, 7) is -0.908. The van der Waals surface area contributed by atoms with E-state index in [-0.39, 0.29) is 13.0 Å². The topological polar surface area (TPSA) is 168 Å². The van der Waals surface area contributed by atoms with E-state index in [0.29, 0.717) is 6.42 Å². The largest absolute Gasteiger partial charge is 0.461 e. The number of ether oxygens (including phenoxy) is 1. The number of carbonyl (C=O) groups is 1. The number of hydrogen-bond donors (Lipinski definition) is 7. The van der Waals surface area contributed by atoms with Gasteiger partial charge < -0.3 is 40.5 Å². The molecule has 0 aromatic heterocycles. The van der Waals surface area contributed by atoms with Crippen LogP contribution in [-0.4, -0.2) is 92.1 Å². The van der Waals surface area contributed by atoms with E-state index in [1.54, 1.807) is 0 Å². The van der Waals surface area contributed by atoms with Crippen LogP contribution in [0.25, 0.3) is 0 Å². The van der Waals surface area contributed by atoms with Crippen molar-refractivity contribution in [1.82, 2.24) is 0 Å². The lowest BCUT2D eigenvalue weighted by molar-refractivity contribution is -0.172. The van der Waals surface area contributed by atoms with Gasteiger partial charge in [-0.1, -0.05) is 64.2 Å². The highest BCUT2D eigenvalue weighted by atomic mass is 16.6. The summed E-state index contributed by atoms with van der Waals surface area (Å²) in [6, 6.07) is 0. The molecule has 5 unspecified atom stereocenters. The predicted molar refractivity (Wildman–Crippen MR) is 111 cm³/mol. The molecule has 0 aliphatic heterocycles. The molecule has 0 aliphatic rings. The molecule has 0 aromatic rings. The zero-order valence-corrected chi connectivity index (χ0v) is 17.9. The first kappa shape index (κ1) is 29.2. The Morgan fingerprint density at radius 3 is 1.60 bits per heavy atom. The quantitative estimate of drug-likeness (QED) is 0.102. The number of rotatable bonds is 20. The second-order valence-corrected chi connectivity index (χ2v) is 7.86. The Labute approximate surface area is 179 Å². The standard InChI is InChI=1S/C21H42O9/c22-13-11-9-7-5-3-1-2-4-6-8-10-12-17(25)18(26)19(27)20(28)21(29)30-15-16(24)14-23/h16-20,22-28H,1-15H2. The van der Waals surface area contributed by atoms with Gasteiger partial charge in [0.1, 0.15) is 24.9 Å². The maximum atomic E-state index is 11.6. The van der Waals surface area contributed by atoms with Gasteiger partial charge in [-0.2, -0.15) is 0 Å². The van der Waals surface area contributed by atoms with Gasteiger partial charge in [-0.05, 0) is 12.8 Å². The molecule has 0 aliphatic carbocycles. The van der Waals surface area contributed by atoms with Gasteiger partial charge in [-0.3, -0.25) is 0 Å². The lowest BCUT2D eigenvalue weighted by Gasteiger charge is -2.25. The molecular formula is C21H42O9. The maximum absolute atomic E-state index is 11.6. The Morgan fingerprint density at radius 2 is 1.13 bits per heavy atom. The summed E-state index contributed by atoms with van der Waals surface area (Å²) in [7, 11) is 0. The van der Waals surface area contributed by atoms with Crippen LogP contribution in [0.4, 0.5) is 0 Å². The Bertz CT molecular complexity index is 408. The second kappa shape index (κ2) is 18.9. The minimum Gasteiger partial charge on any atom is -0.461 e. The molecule has 0 saturated heterocycles.